The second-order valence-corrected chi connectivity index (χ2v) is 10.1. The first-order chi connectivity index (χ1) is 12.4. The van der Waals surface area contributed by atoms with Crippen LogP contribution in [0.5, 0.6) is 0 Å². The lowest BCUT2D eigenvalue weighted by Gasteiger charge is -2.25. The van der Waals surface area contributed by atoms with E-state index < -0.39 is 19.5 Å². The molecule has 4 rings (SSSR count). The molecule has 134 valence electrons. The summed E-state index contributed by atoms with van der Waals surface area (Å²) in [5.74, 6) is 0.566. The van der Waals surface area contributed by atoms with Crippen LogP contribution in [-0.4, -0.2) is 18.0 Å². The van der Waals surface area contributed by atoms with Crippen LogP contribution in [0.4, 0.5) is 5.69 Å². The number of oxazole rings is 1. The molecule has 2 unspecified atom stereocenters. The van der Waals surface area contributed by atoms with Crippen LogP contribution in [0.1, 0.15) is 12.5 Å². The number of nitrogens with zero attached hydrogens (tertiary/aromatic N) is 1. The number of fused-ring (bicyclic) bond motifs is 1. The van der Waals surface area contributed by atoms with Crippen molar-refractivity contribution in [2.45, 2.75) is 21.3 Å². The third kappa shape index (κ3) is 3.00. The largest absolute Gasteiger partial charge is 0.444 e. The van der Waals surface area contributed by atoms with E-state index in [2.05, 4.69) is 9.71 Å². The Kier molecular flexibility index (Phi) is 4.25. The monoisotopic (exact) mass is 406 g/mol. The summed E-state index contributed by atoms with van der Waals surface area (Å²) in [4.78, 5) is 3.75. The van der Waals surface area contributed by atoms with Crippen LogP contribution in [0.3, 0.4) is 0 Å². The zero-order valence-corrected chi connectivity index (χ0v) is 16.1. The number of halogens is 1. The Bertz CT molecular complexity index is 1050. The Morgan fingerprint density at radius 3 is 2.77 bits per heavy atom. The zero-order valence-electron chi connectivity index (χ0n) is 13.7. The maximum atomic E-state index is 13.0. The normalized spacial score (nSPS) is 22.2. The van der Waals surface area contributed by atoms with Crippen LogP contribution in [0.15, 0.2) is 70.4 Å². The summed E-state index contributed by atoms with van der Waals surface area (Å²) in [6.07, 6.45) is 2.91. The fraction of sp³-hybridized carbons (Fsp3) is 0.167. The number of hydrogen-bond acceptors (Lipinski definition) is 5. The van der Waals surface area contributed by atoms with Crippen LogP contribution < -0.4 is 4.72 Å². The van der Waals surface area contributed by atoms with Gasteiger partial charge in [0.15, 0.2) is 16.7 Å². The van der Waals surface area contributed by atoms with Crippen LogP contribution in [0, 0.1) is 0 Å². The highest BCUT2D eigenvalue weighted by Gasteiger charge is 2.49. The van der Waals surface area contributed by atoms with Gasteiger partial charge in [0, 0.05) is 16.1 Å². The first-order valence-corrected chi connectivity index (χ1v) is 10.6. The first-order valence-electron chi connectivity index (χ1n) is 7.83. The summed E-state index contributed by atoms with van der Waals surface area (Å²) in [5.41, 5.74) is 2.01. The van der Waals surface area contributed by atoms with Crippen LogP contribution >= 0.6 is 23.4 Å². The van der Waals surface area contributed by atoms with E-state index in [-0.39, 0.29) is 0 Å². The van der Waals surface area contributed by atoms with Gasteiger partial charge in [-0.25, -0.2) is 13.4 Å². The summed E-state index contributed by atoms with van der Waals surface area (Å²) < 4.78 is 33.1. The number of benzene rings is 2. The van der Waals surface area contributed by atoms with E-state index in [4.69, 9.17) is 16.0 Å². The molecule has 1 aliphatic heterocycles. The number of aromatic nitrogens is 1. The van der Waals surface area contributed by atoms with E-state index in [1.807, 2.05) is 30.3 Å². The fourth-order valence-corrected chi connectivity index (χ4v) is 7.08. The summed E-state index contributed by atoms with van der Waals surface area (Å²) >= 11 is 7.92. The van der Waals surface area contributed by atoms with E-state index in [0.29, 0.717) is 11.4 Å². The van der Waals surface area contributed by atoms with E-state index in [1.54, 1.807) is 31.3 Å². The predicted octanol–water partition coefficient (Wildman–Crippen LogP) is 4.67. The predicted molar refractivity (Wildman–Crippen MR) is 104 cm³/mol. The highest BCUT2D eigenvalue weighted by molar-refractivity contribution is 8.14. The molecule has 0 fully saturated rings. The van der Waals surface area contributed by atoms with Crippen LogP contribution in [0.2, 0.25) is 0 Å². The van der Waals surface area contributed by atoms with Gasteiger partial charge in [-0.15, -0.1) is 23.4 Å². The van der Waals surface area contributed by atoms with Crippen molar-refractivity contribution in [3.05, 3.63) is 66.7 Å². The van der Waals surface area contributed by atoms with E-state index in [9.17, 15) is 8.42 Å². The quantitative estimate of drug-likeness (QED) is 0.637. The molecule has 2 aromatic carbocycles. The Morgan fingerprint density at radius 2 is 2.04 bits per heavy atom. The van der Waals surface area contributed by atoms with E-state index >= 15 is 0 Å². The Morgan fingerprint density at radius 1 is 1.23 bits per heavy atom. The van der Waals surface area contributed by atoms with Crippen LogP contribution in [0.25, 0.3) is 11.3 Å². The number of thioether (sulfide) groups is 1. The highest BCUT2D eigenvalue weighted by atomic mass is 35.5. The van der Waals surface area contributed by atoms with Crippen molar-refractivity contribution >= 4 is 39.1 Å². The molecule has 3 aromatic rings. The van der Waals surface area contributed by atoms with Gasteiger partial charge >= 0.3 is 0 Å². The first kappa shape index (κ1) is 17.5. The van der Waals surface area contributed by atoms with Gasteiger partial charge in [0.2, 0.25) is 10.0 Å². The average Bonchev–Trinajstić information content (AvgIpc) is 3.22. The number of hydrogen-bond donors (Lipinski definition) is 1. The lowest BCUT2D eigenvalue weighted by atomic mass is 10.0. The molecule has 2 heterocycles. The molecule has 5 nitrogen and oxygen atoms in total. The third-order valence-electron chi connectivity index (χ3n) is 4.21. The summed E-state index contributed by atoms with van der Waals surface area (Å²) in [5, 5.41) is 0. The maximum Gasteiger partial charge on any atom is 0.247 e. The second-order valence-electron chi connectivity index (χ2n) is 6.12. The second kappa shape index (κ2) is 6.33. The summed E-state index contributed by atoms with van der Waals surface area (Å²) in [7, 11) is -3.74. The van der Waals surface area contributed by atoms with Crippen molar-refractivity contribution in [3.8, 4) is 11.3 Å². The molecule has 1 aliphatic rings. The Balaban J connectivity index is 1.64. The molecule has 0 aliphatic carbocycles. The van der Waals surface area contributed by atoms with E-state index in [1.165, 1.54) is 18.2 Å². The number of alkyl halides is 1. The minimum Gasteiger partial charge on any atom is -0.444 e. The molecule has 26 heavy (non-hydrogen) atoms. The van der Waals surface area contributed by atoms with Crippen LogP contribution in [-0.2, 0) is 14.9 Å². The minimum absolute atomic E-state index is 0.447. The van der Waals surface area contributed by atoms with Crippen molar-refractivity contribution in [3.63, 3.8) is 0 Å². The number of nitrogens with one attached hydrogen (secondary N) is 1. The Labute approximate surface area is 160 Å². The van der Waals surface area contributed by atoms with Gasteiger partial charge in [-0.1, -0.05) is 30.3 Å². The molecule has 8 heteroatoms. The topological polar surface area (TPSA) is 72.2 Å². The van der Waals surface area contributed by atoms with Gasteiger partial charge in [0.1, 0.15) is 0 Å². The maximum absolute atomic E-state index is 13.0. The molecule has 1 N–H and O–H groups in total. The number of sulfonamides is 1. The van der Waals surface area contributed by atoms with Gasteiger partial charge in [0.05, 0.1) is 11.1 Å². The molecule has 0 bridgehead atoms. The van der Waals surface area contributed by atoms with Crippen molar-refractivity contribution in [1.82, 2.24) is 4.98 Å². The minimum atomic E-state index is -3.74. The molecule has 0 spiro atoms. The van der Waals surface area contributed by atoms with Gasteiger partial charge in [-0.2, -0.15) is 0 Å². The van der Waals surface area contributed by atoms with E-state index in [0.717, 1.165) is 16.0 Å². The summed E-state index contributed by atoms with van der Waals surface area (Å²) in [6, 6.07) is 14.5. The Hall–Kier alpha value is -1.96. The van der Waals surface area contributed by atoms with Gasteiger partial charge < -0.3 is 4.42 Å². The molecule has 0 saturated heterocycles. The van der Waals surface area contributed by atoms with Gasteiger partial charge in [0.25, 0.3) is 0 Å². The van der Waals surface area contributed by atoms with Gasteiger partial charge in [-0.05, 0) is 30.7 Å². The average molecular weight is 407 g/mol. The molecule has 1 aromatic heterocycles. The molecule has 0 saturated carbocycles. The lowest BCUT2D eigenvalue weighted by Crippen LogP contribution is -2.35. The zero-order chi connectivity index (χ0) is 18.4. The molecule has 0 amide bonds. The summed E-state index contributed by atoms with van der Waals surface area (Å²) in [6.45, 7) is 1.74. The lowest BCUT2D eigenvalue weighted by molar-refractivity contribution is 0.572. The number of rotatable bonds is 4. The SMILES string of the molecule is CC1(Cl)c2ccccc2SC1S(=O)(=O)Nc1cccc(-c2cnco2)c1. The smallest absolute Gasteiger partial charge is 0.247 e. The molecular weight excluding hydrogens is 392 g/mol. The number of anilines is 1. The third-order valence-corrected chi connectivity index (χ3v) is 8.79. The molecular formula is C18H15ClN2O3S2. The van der Waals surface area contributed by atoms with Crippen molar-refractivity contribution in [2.24, 2.45) is 0 Å². The van der Waals surface area contributed by atoms with Crippen molar-refractivity contribution in [2.75, 3.05) is 4.72 Å². The standard InChI is InChI=1S/C18H15ClN2O3S2/c1-18(19)14-7-2-3-8-16(14)25-17(18)26(22,23)21-13-6-4-5-12(9-13)15-10-20-11-24-15/h2-11,17,21H,1H3. The molecule has 2 atom stereocenters. The van der Waals surface area contributed by atoms with Crippen molar-refractivity contribution < 1.29 is 12.8 Å². The molecule has 0 radical (unpaired) electrons. The highest BCUT2D eigenvalue weighted by Crippen LogP contribution is 2.53. The van der Waals surface area contributed by atoms with Gasteiger partial charge in [-0.3, -0.25) is 4.72 Å². The fourth-order valence-electron chi connectivity index (χ4n) is 2.99. The van der Waals surface area contributed by atoms with Crippen molar-refractivity contribution in [1.29, 1.82) is 0 Å².